The van der Waals surface area contributed by atoms with Gasteiger partial charge in [0.15, 0.2) is 12.1 Å². The summed E-state index contributed by atoms with van der Waals surface area (Å²) in [6, 6.07) is 0. The van der Waals surface area contributed by atoms with Crippen molar-refractivity contribution in [1.29, 1.82) is 0 Å². The number of halogens is 1. The first-order chi connectivity index (χ1) is 5.53. The van der Waals surface area contributed by atoms with Gasteiger partial charge in [-0.15, -0.1) is 0 Å². The fraction of sp³-hybridized carbons (Fsp3) is 0.429. The second-order valence-corrected chi connectivity index (χ2v) is 2.83. The summed E-state index contributed by atoms with van der Waals surface area (Å²) in [6.07, 6.45) is 2.52. The van der Waals surface area contributed by atoms with Gasteiger partial charge in [-0.2, -0.15) is 5.10 Å². The molecule has 0 fully saturated rings. The van der Waals surface area contributed by atoms with Gasteiger partial charge in [0, 0.05) is 0 Å². The Morgan fingerprint density at radius 2 is 2.58 bits per heavy atom. The SMILES string of the molecule is CC(O)(C=O)Cn1cc(F)cn1. The second-order valence-electron chi connectivity index (χ2n) is 2.83. The lowest BCUT2D eigenvalue weighted by atomic mass is 10.1. The van der Waals surface area contributed by atoms with Crippen molar-refractivity contribution in [3.05, 3.63) is 18.2 Å². The van der Waals surface area contributed by atoms with Gasteiger partial charge in [-0.25, -0.2) is 4.39 Å². The van der Waals surface area contributed by atoms with E-state index in [0.717, 1.165) is 12.4 Å². The Labute approximate surface area is 68.6 Å². The maximum atomic E-state index is 12.4. The molecule has 0 saturated heterocycles. The van der Waals surface area contributed by atoms with E-state index in [1.807, 2.05) is 0 Å². The second kappa shape index (κ2) is 3.02. The van der Waals surface area contributed by atoms with Crippen molar-refractivity contribution in [3.63, 3.8) is 0 Å². The van der Waals surface area contributed by atoms with E-state index in [4.69, 9.17) is 0 Å². The van der Waals surface area contributed by atoms with Gasteiger partial charge in [-0.05, 0) is 6.92 Å². The van der Waals surface area contributed by atoms with Crippen LogP contribution >= 0.6 is 0 Å². The number of carbonyl (C=O) groups is 1. The predicted octanol–water partition coefficient (Wildman–Crippen LogP) is -0.0279. The van der Waals surface area contributed by atoms with Crippen LogP contribution in [0, 0.1) is 5.82 Å². The van der Waals surface area contributed by atoms with Gasteiger partial charge in [0.05, 0.1) is 18.9 Å². The van der Waals surface area contributed by atoms with Crippen molar-refractivity contribution in [1.82, 2.24) is 9.78 Å². The molecule has 0 amide bonds. The van der Waals surface area contributed by atoms with E-state index >= 15 is 0 Å². The van der Waals surface area contributed by atoms with Crippen LogP contribution < -0.4 is 0 Å². The molecule has 4 nitrogen and oxygen atoms in total. The highest BCUT2D eigenvalue weighted by molar-refractivity contribution is 5.60. The molecular weight excluding hydrogens is 163 g/mol. The molecular formula is C7H9FN2O2. The van der Waals surface area contributed by atoms with E-state index in [2.05, 4.69) is 5.10 Å². The minimum Gasteiger partial charge on any atom is -0.381 e. The lowest BCUT2D eigenvalue weighted by Crippen LogP contribution is -2.32. The van der Waals surface area contributed by atoms with Crippen LogP contribution in [0.3, 0.4) is 0 Å². The number of rotatable bonds is 3. The molecule has 1 heterocycles. The topological polar surface area (TPSA) is 55.1 Å². The van der Waals surface area contributed by atoms with Crippen molar-refractivity contribution in [2.75, 3.05) is 0 Å². The van der Waals surface area contributed by atoms with Gasteiger partial charge in [0.25, 0.3) is 0 Å². The van der Waals surface area contributed by atoms with Crippen LogP contribution in [0.15, 0.2) is 12.4 Å². The van der Waals surface area contributed by atoms with E-state index in [0.29, 0.717) is 6.29 Å². The molecule has 1 N–H and O–H groups in total. The molecule has 0 aromatic carbocycles. The number of carbonyl (C=O) groups excluding carboxylic acids is 1. The Balaban J connectivity index is 2.69. The Bertz CT molecular complexity index is 283. The fourth-order valence-electron chi connectivity index (χ4n) is 0.790. The molecule has 1 unspecified atom stereocenters. The summed E-state index contributed by atoms with van der Waals surface area (Å²) in [6.45, 7) is 1.29. The number of hydrogen-bond acceptors (Lipinski definition) is 3. The summed E-state index contributed by atoms with van der Waals surface area (Å²) < 4.78 is 13.5. The smallest absolute Gasteiger partial charge is 0.161 e. The molecule has 0 aliphatic heterocycles. The molecule has 1 atom stereocenters. The lowest BCUT2D eigenvalue weighted by Gasteiger charge is -2.14. The van der Waals surface area contributed by atoms with Crippen LogP contribution in [0.1, 0.15) is 6.92 Å². The van der Waals surface area contributed by atoms with Gasteiger partial charge in [-0.3, -0.25) is 4.68 Å². The molecule has 0 aliphatic carbocycles. The van der Waals surface area contributed by atoms with Gasteiger partial charge < -0.3 is 9.90 Å². The number of aliphatic hydroxyl groups is 1. The molecule has 0 radical (unpaired) electrons. The number of aldehydes is 1. The molecule has 0 spiro atoms. The van der Waals surface area contributed by atoms with E-state index in [9.17, 15) is 14.3 Å². The number of hydrogen-bond donors (Lipinski definition) is 1. The summed E-state index contributed by atoms with van der Waals surface area (Å²) in [5.74, 6) is -0.489. The van der Waals surface area contributed by atoms with E-state index < -0.39 is 11.4 Å². The summed E-state index contributed by atoms with van der Waals surface area (Å²) in [7, 11) is 0. The fourth-order valence-corrected chi connectivity index (χ4v) is 0.790. The first-order valence-electron chi connectivity index (χ1n) is 3.40. The largest absolute Gasteiger partial charge is 0.381 e. The molecule has 5 heteroatoms. The zero-order valence-electron chi connectivity index (χ0n) is 6.57. The molecule has 0 aliphatic rings. The summed E-state index contributed by atoms with van der Waals surface area (Å²) in [4.78, 5) is 10.3. The van der Waals surface area contributed by atoms with Crippen LogP contribution in [-0.4, -0.2) is 26.8 Å². The Hall–Kier alpha value is -1.23. The highest BCUT2D eigenvalue weighted by Crippen LogP contribution is 2.03. The predicted molar refractivity (Wildman–Crippen MR) is 38.9 cm³/mol. The lowest BCUT2D eigenvalue weighted by molar-refractivity contribution is -0.123. The third-order valence-corrected chi connectivity index (χ3v) is 1.34. The Kier molecular flexibility index (Phi) is 2.23. The Morgan fingerprint density at radius 3 is 3.00 bits per heavy atom. The highest BCUT2D eigenvalue weighted by atomic mass is 19.1. The minimum atomic E-state index is -1.49. The zero-order valence-corrected chi connectivity index (χ0v) is 6.57. The molecule has 12 heavy (non-hydrogen) atoms. The van der Waals surface area contributed by atoms with Gasteiger partial charge in [-0.1, -0.05) is 0 Å². The molecule has 66 valence electrons. The molecule has 1 aromatic heterocycles. The van der Waals surface area contributed by atoms with Crippen molar-refractivity contribution in [2.24, 2.45) is 0 Å². The standard InChI is InChI=1S/C7H9FN2O2/c1-7(12,5-11)4-10-3-6(8)2-9-10/h2-3,5,12H,4H2,1H3. The maximum Gasteiger partial charge on any atom is 0.161 e. The normalized spacial score (nSPS) is 15.6. The van der Waals surface area contributed by atoms with Crippen LogP contribution in [0.4, 0.5) is 4.39 Å². The summed E-state index contributed by atoms with van der Waals surface area (Å²) in [5.41, 5.74) is -1.49. The molecule has 1 rings (SSSR count). The summed E-state index contributed by atoms with van der Waals surface area (Å²) >= 11 is 0. The highest BCUT2D eigenvalue weighted by Gasteiger charge is 2.20. The van der Waals surface area contributed by atoms with Crippen LogP contribution in [-0.2, 0) is 11.3 Å². The third-order valence-electron chi connectivity index (χ3n) is 1.34. The maximum absolute atomic E-state index is 12.4. The van der Waals surface area contributed by atoms with Crippen molar-refractivity contribution in [2.45, 2.75) is 19.1 Å². The zero-order chi connectivity index (χ0) is 9.19. The van der Waals surface area contributed by atoms with Crippen LogP contribution in [0.2, 0.25) is 0 Å². The van der Waals surface area contributed by atoms with Gasteiger partial charge in [0.2, 0.25) is 0 Å². The van der Waals surface area contributed by atoms with E-state index in [-0.39, 0.29) is 6.54 Å². The number of aromatic nitrogens is 2. The first kappa shape index (κ1) is 8.86. The summed E-state index contributed by atoms with van der Waals surface area (Å²) in [5, 5.41) is 12.8. The first-order valence-corrected chi connectivity index (χ1v) is 3.40. The number of nitrogens with zero attached hydrogens (tertiary/aromatic N) is 2. The van der Waals surface area contributed by atoms with Crippen LogP contribution in [0.25, 0.3) is 0 Å². The average Bonchev–Trinajstić information content (AvgIpc) is 2.35. The van der Waals surface area contributed by atoms with E-state index in [1.165, 1.54) is 11.6 Å². The monoisotopic (exact) mass is 172 g/mol. The van der Waals surface area contributed by atoms with Gasteiger partial charge >= 0.3 is 0 Å². The quantitative estimate of drug-likeness (QED) is 0.651. The minimum absolute atomic E-state index is 0.0413. The average molecular weight is 172 g/mol. The third kappa shape index (κ3) is 2.13. The van der Waals surface area contributed by atoms with Gasteiger partial charge in [0.1, 0.15) is 5.60 Å². The van der Waals surface area contributed by atoms with Crippen molar-refractivity contribution < 1.29 is 14.3 Å². The molecule has 0 bridgehead atoms. The van der Waals surface area contributed by atoms with Crippen molar-refractivity contribution >= 4 is 6.29 Å². The van der Waals surface area contributed by atoms with E-state index in [1.54, 1.807) is 0 Å². The molecule has 0 saturated carbocycles. The van der Waals surface area contributed by atoms with Crippen LogP contribution in [0.5, 0.6) is 0 Å². The van der Waals surface area contributed by atoms with Crippen molar-refractivity contribution in [3.8, 4) is 0 Å². The Morgan fingerprint density at radius 1 is 1.92 bits per heavy atom. The molecule has 1 aromatic rings.